The zero-order valence-electron chi connectivity index (χ0n) is 15.2. The Hall–Kier alpha value is -3.22. The van der Waals surface area contributed by atoms with Gasteiger partial charge in [-0.15, -0.1) is 0 Å². The summed E-state index contributed by atoms with van der Waals surface area (Å²) in [6.45, 7) is 4.80. The fourth-order valence-corrected chi connectivity index (χ4v) is 3.09. The Bertz CT molecular complexity index is 945. The molecule has 0 saturated carbocycles. The number of rotatable bonds is 6. The minimum absolute atomic E-state index is 0.148. The van der Waals surface area contributed by atoms with Crippen LogP contribution in [0.4, 0.5) is 0 Å². The van der Waals surface area contributed by atoms with Crippen molar-refractivity contribution in [2.45, 2.75) is 32.9 Å². The van der Waals surface area contributed by atoms with E-state index in [9.17, 15) is 4.79 Å². The molecular formula is C20H20N2O5. The number of carbonyl (C=O) groups excluding carboxylic acids is 1. The van der Waals surface area contributed by atoms with Gasteiger partial charge in [-0.3, -0.25) is 4.79 Å². The first-order chi connectivity index (χ1) is 13.1. The number of hydrogen-bond acceptors (Lipinski definition) is 6. The fraction of sp³-hybridized carbons (Fsp3) is 0.300. The van der Waals surface area contributed by atoms with E-state index in [0.717, 1.165) is 29.0 Å². The van der Waals surface area contributed by atoms with Gasteiger partial charge in [0.1, 0.15) is 17.6 Å². The van der Waals surface area contributed by atoms with Gasteiger partial charge in [-0.1, -0.05) is 5.16 Å². The summed E-state index contributed by atoms with van der Waals surface area (Å²) in [5.74, 6) is 2.18. The third-order valence-corrected chi connectivity index (χ3v) is 4.33. The van der Waals surface area contributed by atoms with E-state index in [0.29, 0.717) is 24.7 Å². The van der Waals surface area contributed by atoms with Crippen LogP contribution in [0.25, 0.3) is 11.5 Å². The second-order valence-electron chi connectivity index (χ2n) is 6.37. The van der Waals surface area contributed by atoms with E-state index in [1.54, 1.807) is 18.2 Å². The Morgan fingerprint density at radius 2 is 2.22 bits per heavy atom. The van der Waals surface area contributed by atoms with Crippen LogP contribution in [0, 0.1) is 0 Å². The molecule has 0 spiro atoms. The normalized spacial score (nSPS) is 15.3. The lowest BCUT2D eigenvalue weighted by Gasteiger charge is -2.13. The van der Waals surface area contributed by atoms with Crippen molar-refractivity contribution in [2.75, 3.05) is 6.61 Å². The number of furan rings is 1. The Labute approximate surface area is 156 Å². The summed E-state index contributed by atoms with van der Waals surface area (Å²) in [5, 5.41) is 6.66. The van der Waals surface area contributed by atoms with Crippen LogP contribution in [0.15, 0.2) is 45.5 Å². The van der Waals surface area contributed by atoms with Crippen LogP contribution < -0.4 is 14.8 Å². The lowest BCUT2D eigenvalue weighted by atomic mass is 10.1. The molecule has 0 radical (unpaired) electrons. The molecule has 3 aromatic rings. The van der Waals surface area contributed by atoms with Gasteiger partial charge in [-0.25, -0.2) is 0 Å². The summed E-state index contributed by atoms with van der Waals surface area (Å²) in [6.07, 6.45) is 2.54. The molecular weight excluding hydrogens is 348 g/mol. The number of aromatic nitrogens is 1. The summed E-state index contributed by atoms with van der Waals surface area (Å²) < 4.78 is 22.0. The van der Waals surface area contributed by atoms with Crippen molar-refractivity contribution in [1.29, 1.82) is 0 Å². The minimum Gasteiger partial charge on any atom is -0.494 e. The van der Waals surface area contributed by atoms with E-state index < -0.39 is 0 Å². The van der Waals surface area contributed by atoms with Crippen molar-refractivity contribution in [1.82, 2.24) is 10.5 Å². The summed E-state index contributed by atoms with van der Waals surface area (Å²) in [5.41, 5.74) is 2.17. The van der Waals surface area contributed by atoms with Crippen molar-refractivity contribution in [3.05, 3.63) is 53.4 Å². The molecule has 2 aromatic heterocycles. The summed E-state index contributed by atoms with van der Waals surface area (Å²) in [7, 11) is 0. The van der Waals surface area contributed by atoms with Gasteiger partial charge in [0.05, 0.1) is 12.9 Å². The Morgan fingerprint density at radius 1 is 1.33 bits per heavy atom. The van der Waals surface area contributed by atoms with Crippen LogP contribution >= 0.6 is 0 Å². The first-order valence-corrected chi connectivity index (χ1v) is 8.88. The number of carbonyl (C=O) groups is 1. The number of fused-ring (bicyclic) bond motifs is 1. The number of nitrogens with zero attached hydrogens (tertiary/aromatic N) is 1. The van der Waals surface area contributed by atoms with Crippen molar-refractivity contribution < 1.29 is 23.2 Å². The van der Waals surface area contributed by atoms with Crippen LogP contribution in [-0.2, 0) is 13.0 Å². The average molecular weight is 368 g/mol. The van der Waals surface area contributed by atoms with Gasteiger partial charge in [0.25, 0.3) is 5.91 Å². The Balaban J connectivity index is 1.48. The maximum Gasteiger partial charge on any atom is 0.273 e. The predicted octanol–water partition coefficient (Wildman–Crippen LogP) is 3.59. The number of hydrogen-bond donors (Lipinski definition) is 1. The van der Waals surface area contributed by atoms with Crippen molar-refractivity contribution in [3.8, 4) is 23.0 Å². The zero-order chi connectivity index (χ0) is 18.8. The second kappa shape index (κ2) is 7.19. The molecule has 1 N–H and O–H groups in total. The number of nitrogens with one attached hydrogen (secondary N) is 1. The highest BCUT2D eigenvalue weighted by Gasteiger charge is 2.22. The molecule has 3 heterocycles. The SMILES string of the molecule is CCOc1cc2c(cc1CNC(=O)c1cc(-c3ccco3)on1)O[C@@H](C)C2. The van der Waals surface area contributed by atoms with Crippen molar-refractivity contribution in [2.24, 2.45) is 0 Å². The number of ether oxygens (including phenoxy) is 2. The molecule has 0 unspecified atom stereocenters. The Kier molecular flexibility index (Phi) is 4.58. The smallest absolute Gasteiger partial charge is 0.273 e. The monoisotopic (exact) mass is 368 g/mol. The molecule has 1 atom stereocenters. The van der Waals surface area contributed by atoms with Crippen LogP contribution in [0.3, 0.4) is 0 Å². The highest BCUT2D eigenvalue weighted by molar-refractivity contribution is 5.92. The topological polar surface area (TPSA) is 86.7 Å². The highest BCUT2D eigenvalue weighted by Crippen LogP contribution is 2.35. The van der Waals surface area contributed by atoms with E-state index in [-0.39, 0.29) is 17.7 Å². The fourth-order valence-electron chi connectivity index (χ4n) is 3.09. The van der Waals surface area contributed by atoms with E-state index in [1.807, 2.05) is 26.0 Å². The van der Waals surface area contributed by atoms with Crippen LogP contribution in [0.5, 0.6) is 11.5 Å². The minimum atomic E-state index is -0.339. The third kappa shape index (κ3) is 3.53. The molecule has 0 fully saturated rings. The maximum atomic E-state index is 12.4. The third-order valence-electron chi connectivity index (χ3n) is 4.33. The summed E-state index contributed by atoms with van der Waals surface area (Å²) in [4.78, 5) is 12.4. The number of benzene rings is 1. The standard InChI is InChI=1S/C20H20N2O5/c1-3-24-17-8-13-7-12(2)26-18(13)9-14(17)11-21-20(23)15-10-19(27-22-15)16-5-4-6-25-16/h4-6,8-10,12H,3,7,11H2,1-2H3,(H,21,23)/t12-/m0/s1. The summed E-state index contributed by atoms with van der Waals surface area (Å²) in [6, 6.07) is 8.95. The molecule has 27 heavy (non-hydrogen) atoms. The number of amides is 1. The van der Waals surface area contributed by atoms with Gasteiger partial charge in [0, 0.05) is 30.2 Å². The summed E-state index contributed by atoms with van der Waals surface area (Å²) >= 11 is 0. The van der Waals surface area contributed by atoms with Crippen molar-refractivity contribution in [3.63, 3.8) is 0 Å². The average Bonchev–Trinajstić information content (AvgIpc) is 3.38. The largest absolute Gasteiger partial charge is 0.494 e. The van der Waals surface area contributed by atoms with Crippen molar-refractivity contribution >= 4 is 5.91 Å². The first kappa shape index (κ1) is 17.2. The first-order valence-electron chi connectivity index (χ1n) is 8.88. The van der Waals surface area contributed by atoms with Gasteiger partial charge in [0.15, 0.2) is 11.5 Å². The molecule has 0 bridgehead atoms. The lowest BCUT2D eigenvalue weighted by molar-refractivity contribution is 0.0941. The van der Waals surface area contributed by atoms with Crippen LogP contribution in [-0.4, -0.2) is 23.8 Å². The van der Waals surface area contributed by atoms with E-state index in [2.05, 4.69) is 10.5 Å². The van der Waals surface area contributed by atoms with Gasteiger partial charge in [-0.05, 0) is 38.1 Å². The van der Waals surface area contributed by atoms with Gasteiger partial charge in [0.2, 0.25) is 5.76 Å². The lowest BCUT2D eigenvalue weighted by Crippen LogP contribution is -2.23. The molecule has 1 aliphatic rings. The van der Waals surface area contributed by atoms with Gasteiger partial charge < -0.3 is 23.7 Å². The molecule has 0 saturated heterocycles. The Morgan fingerprint density at radius 3 is 3.00 bits per heavy atom. The van der Waals surface area contributed by atoms with Gasteiger partial charge in [-0.2, -0.15) is 0 Å². The molecule has 0 aliphatic carbocycles. The molecule has 1 amide bonds. The molecule has 4 rings (SSSR count). The maximum absolute atomic E-state index is 12.4. The molecule has 7 nitrogen and oxygen atoms in total. The quantitative estimate of drug-likeness (QED) is 0.715. The zero-order valence-corrected chi connectivity index (χ0v) is 15.2. The molecule has 140 valence electrons. The van der Waals surface area contributed by atoms with E-state index >= 15 is 0 Å². The molecule has 7 heteroatoms. The van der Waals surface area contributed by atoms with Gasteiger partial charge >= 0.3 is 0 Å². The molecule has 1 aromatic carbocycles. The van der Waals surface area contributed by atoms with E-state index in [1.165, 1.54) is 6.26 Å². The highest BCUT2D eigenvalue weighted by atomic mass is 16.5. The van der Waals surface area contributed by atoms with Crippen LogP contribution in [0.2, 0.25) is 0 Å². The van der Waals surface area contributed by atoms with E-state index in [4.69, 9.17) is 18.4 Å². The van der Waals surface area contributed by atoms with Crippen LogP contribution in [0.1, 0.15) is 35.5 Å². The molecule has 1 aliphatic heterocycles. The second-order valence-corrected chi connectivity index (χ2v) is 6.37. The predicted molar refractivity (Wildman–Crippen MR) is 96.8 cm³/mol.